The summed E-state index contributed by atoms with van der Waals surface area (Å²) in [6.45, 7) is -0.500. The van der Waals surface area contributed by atoms with Crippen molar-refractivity contribution in [3.8, 4) is 5.75 Å². The maximum absolute atomic E-state index is 11.6. The highest BCUT2D eigenvalue weighted by Crippen LogP contribution is 2.25. The second-order valence-corrected chi connectivity index (χ2v) is 5.89. The Morgan fingerprint density at radius 3 is 2.68 bits per heavy atom. The molecule has 0 aliphatic rings. The first kappa shape index (κ1) is 18.4. The zero-order chi connectivity index (χ0) is 18.1. The van der Waals surface area contributed by atoms with E-state index in [1.54, 1.807) is 17.4 Å². The number of ether oxygens (including phenoxy) is 2. The van der Waals surface area contributed by atoms with Crippen LogP contribution in [-0.4, -0.2) is 36.6 Å². The lowest BCUT2D eigenvalue weighted by molar-refractivity contribution is -0.385. The number of nitrogens with zero attached hydrogens (tertiary/aromatic N) is 1. The summed E-state index contributed by atoms with van der Waals surface area (Å²) in [6.07, 6.45) is 0.706. The fourth-order valence-electron chi connectivity index (χ4n) is 1.89. The summed E-state index contributed by atoms with van der Waals surface area (Å²) in [5.74, 6) is -1.24. The summed E-state index contributed by atoms with van der Waals surface area (Å²) in [6, 6.07) is 9.58. The van der Waals surface area contributed by atoms with Crippen LogP contribution in [0.5, 0.6) is 5.75 Å². The van der Waals surface area contributed by atoms with Crippen molar-refractivity contribution in [1.29, 1.82) is 0 Å². The van der Waals surface area contributed by atoms with Gasteiger partial charge in [0, 0.05) is 17.5 Å². The van der Waals surface area contributed by atoms with E-state index in [1.165, 1.54) is 18.2 Å². The number of rotatable bonds is 9. The number of nitrogens with one attached hydrogen (secondary N) is 1. The largest absolute Gasteiger partial charge is 0.475 e. The molecule has 0 saturated carbocycles. The van der Waals surface area contributed by atoms with Gasteiger partial charge in [-0.1, -0.05) is 18.2 Å². The molecule has 1 N–H and O–H groups in total. The van der Waals surface area contributed by atoms with Gasteiger partial charge in [0.05, 0.1) is 4.92 Å². The van der Waals surface area contributed by atoms with Gasteiger partial charge in [-0.25, -0.2) is 4.79 Å². The van der Waals surface area contributed by atoms with Gasteiger partial charge in [0.2, 0.25) is 0 Å². The summed E-state index contributed by atoms with van der Waals surface area (Å²) in [7, 11) is 0. The normalized spacial score (nSPS) is 10.1. The molecule has 0 unspecified atom stereocenters. The van der Waals surface area contributed by atoms with Gasteiger partial charge in [-0.05, 0) is 23.9 Å². The number of carbonyl (C=O) groups is 2. The minimum atomic E-state index is -0.786. The Morgan fingerprint density at radius 2 is 1.96 bits per heavy atom. The molecule has 0 atom stereocenters. The molecule has 132 valence electrons. The molecular formula is C16H16N2O6S. The standard InChI is InChI=1S/C16H16N2O6S/c19-15(17-8-7-12-4-3-9-25-12)10-24-16(20)11-23-14-6-2-1-5-13(14)18(21)22/h1-6,9H,7-8,10-11H2,(H,17,19). The molecule has 2 aromatic rings. The van der Waals surface area contributed by atoms with Gasteiger partial charge >= 0.3 is 11.7 Å². The highest BCUT2D eigenvalue weighted by molar-refractivity contribution is 7.09. The maximum atomic E-state index is 11.6. The number of hydrogen-bond donors (Lipinski definition) is 1. The van der Waals surface area contributed by atoms with E-state index < -0.39 is 30.0 Å². The third-order valence-corrected chi connectivity index (χ3v) is 3.98. The fraction of sp³-hybridized carbons (Fsp3) is 0.250. The molecular weight excluding hydrogens is 348 g/mol. The summed E-state index contributed by atoms with van der Waals surface area (Å²) in [4.78, 5) is 34.5. The van der Waals surface area contributed by atoms with Crippen LogP contribution in [0.3, 0.4) is 0 Å². The van der Waals surface area contributed by atoms with E-state index in [4.69, 9.17) is 9.47 Å². The molecule has 2 rings (SSSR count). The van der Waals surface area contributed by atoms with E-state index in [9.17, 15) is 19.7 Å². The Labute approximate surface area is 147 Å². The van der Waals surface area contributed by atoms with E-state index in [2.05, 4.69) is 5.32 Å². The minimum Gasteiger partial charge on any atom is -0.475 e. The number of carbonyl (C=O) groups excluding carboxylic acids is 2. The van der Waals surface area contributed by atoms with Crippen LogP contribution in [0.4, 0.5) is 5.69 Å². The van der Waals surface area contributed by atoms with Crippen molar-refractivity contribution in [2.24, 2.45) is 0 Å². The molecule has 9 heteroatoms. The van der Waals surface area contributed by atoms with Gasteiger partial charge in [0.1, 0.15) is 0 Å². The van der Waals surface area contributed by atoms with Gasteiger partial charge in [-0.3, -0.25) is 14.9 Å². The monoisotopic (exact) mass is 364 g/mol. The molecule has 0 aliphatic carbocycles. The number of nitro benzene ring substituents is 1. The van der Waals surface area contributed by atoms with Crippen molar-refractivity contribution >= 4 is 28.9 Å². The topological polar surface area (TPSA) is 108 Å². The highest BCUT2D eigenvalue weighted by atomic mass is 32.1. The Balaban J connectivity index is 1.66. The lowest BCUT2D eigenvalue weighted by Crippen LogP contribution is -2.31. The SMILES string of the molecule is O=C(COC(=O)COc1ccccc1[N+](=O)[O-])NCCc1cccs1. The molecule has 1 aromatic carbocycles. The fourth-order valence-corrected chi connectivity index (χ4v) is 2.59. The third-order valence-electron chi connectivity index (χ3n) is 3.05. The zero-order valence-corrected chi connectivity index (χ0v) is 14.0. The van der Waals surface area contributed by atoms with Crippen LogP contribution in [0.2, 0.25) is 0 Å². The van der Waals surface area contributed by atoms with Crippen LogP contribution in [-0.2, 0) is 20.7 Å². The predicted octanol–water partition coefficient (Wildman–Crippen LogP) is 1.94. The van der Waals surface area contributed by atoms with Crippen LogP contribution in [0.25, 0.3) is 0 Å². The zero-order valence-electron chi connectivity index (χ0n) is 13.2. The maximum Gasteiger partial charge on any atom is 0.344 e. The molecule has 0 bridgehead atoms. The third kappa shape index (κ3) is 6.22. The number of amides is 1. The Hall–Kier alpha value is -2.94. The van der Waals surface area contributed by atoms with Crippen molar-refractivity contribution in [2.45, 2.75) is 6.42 Å². The van der Waals surface area contributed by atoms with Crippen LogP contribution in [0.1, 0.15) is 4.88 Å². The Bertz CT molecular complexity index is 732. The van der Waals surface area contributed by atoms with E-state index in [0.29, 0.717) is 13.0 Å². The van der Waals surface area contributed by atoms with Gasteiger partial charge < -0.3 is 14.8 Å². The Morgan fingerprint density at radius 1 is 1.16 bits per heavy atom. The van der Waals surface area contributed by atoms with Crippen molar-refractivity contribution in [3.05, 3.63) is 56.8 Å². The molecule has 25 heavy (non-hydrogen) atoms. The number of thiophene rings is 1. The molecule has 0 saturated heterocycles. The van der Waals surface area contributed by atoms with E-state index in [0.717, 1.165) is 4.88 Å². The van der Waals surface area contributed by atoms with Crippen molar-refractivity contribution in [2.75, 3.05) is 19.8 Å². The lowest BCUT2D eigenvalue weighted by atomic mass is 10.3. The van der Waals surface area contributed by atoms with Crippen molar-refractivity contribution in [1.82, 2.24) is 5.32 Å². The van der Waals surface area contributed by atoms with Crippen molar-refractivity contribution in [3.63, 3.8) is 0 Å². The number of para-hydroxylation sites is 2. The van der Waals surface area contributed by atoms with E-state index in [-0.39, 0.29) is 11.4 Å². The number of benzene rings is 1. The van der Waals surface area contributed by atoms with E-state index in [1.807, 2.05) is 17.5 Å². The summed E-state index contributed by atoms with van der Waals surface area (Å²) in [5, 5.41) is 15.4. The summed E-state index contributed by atoms with van der Waals surface area (Å²) < 4.78 is 9.85. The summed E-state index contributed by atoms with van der Waals surface area (Å²) >= 11 is 1.60. The smallest absolute Gasteiger partial charge is 0.344 e. The summed E-state index contributed by atoms with van der Waals surface area (Å²) in [5.41, 5.74) is -0.248. The second-order valence-electron chi connectivity index (χ2n) is 4.85. The van der Waals surface area contributed by atoms with Gasteiger partial charge in [-0.15, -0.1) is 11.3 Å². The van der Waals surface area contributed by atoms with Crippen LogP contribution in [0, 0.1) is 10.1 Å². The van der Waals surface area contributed by atoms with Crippen LogP contribution < -0.4 is 10.1 Å². The highest BCUT2D eigenvalue weighted by Gasteiger charge is 2.15. The lowest BCUT2D eigenvalue weighted by Gasteiger charge is -2.08. The first-order valence-corrected chi connectivity index (χ1v) is 8.25. The first-order chi connectivity index (χ1) is 12.1. The van der Waals surface area contributed by atoms with E-state index >= 15 is 0 Å². The molecule has 0 spiro atoms. The molecule has 1 amide bonds. The predicted molar refractivity (Wildman–Crippen MR) is 90.6 cm³/mol. The number of hydrogen-bond acceptors (Lipinski definition) is 7. The van der Waals surface area contributed by atoms with Gasteiger partial charge in [-0.2, -0.15) is 0 Å². The molecule has 0 radical (unpaired) electrons. The first-order valence-electron chi connectivity index (χ1n) is 7.37. The molecule has 0 fully saturated rings. The molecule has 0 aliphatic heterocycles. The van der Waals surface area contributed by atoms with Gasteiger partial charge in [0.25, 0.3) is 5.91 Å². The Kier molecular flexibility index (Phi) is 6.90. The average Bonchev–Trinajstić information content (AvgIpc) is 3.11. The molecule has 1 aromatic heterocycles. The molecule has 8 nitrogen and oxygen atoms in total. The quantitative estimate of drug-likeness (QED) is 0.414. The second kappa shape index (κ2) is 9.38. The molecule has 1 heterocycles. The van der Waals surface area contributed by atoms with Crippen LogP contribution in [0.15, 0.2) is 41.8 Å². The number of esters is 1. The number of nitro groups is 1. The van der Waals surface area contributed by atoms with Gasteiger partial charge in [0.15, 0.2) is 19.0 Å². The average molecular weight is 364 g/mol. The minimum absolute atomic E-state index is 0.0372. The van der Waals surface area contributed by atoms with Crippen LogP contribution >= 0.6 is 11.3 Å². The van der Waals surface area contributed by atoms with Crippen molar-refractivity contribution < 1.29 is 24.0 Å².